The number of carbonyl (C=O) groups is 1. The average Bonchev–Trinajstić information content (AvgIpc) is 2.48. The van der Waals surface area contributed by atoms with Crippen molar-refractivity contribution < 1.29 is 32.3 Å². The third-order valence-corrected chi connectivity index (χ3v) is 1.76. The van der Waals surface area contributed by atoms with Gasteiger partial charge in [-0.05, 0) is 17.4 Å². The van der Waals surface area contributed by atoms with Crippen LogP contribution < -0.4 is 5.11 Å². The first kappa shape index (κ1) is 14.0. The van der Waals surface area contributed by atoms with Crippen LogP contribution in [0.2, 0.25) is 0 Å². The fraction of sp³-hybridized carbons (Fsp3) is 0.143. The molecule has 5 nitrogen and oxygen atoms in total. The van der Waals surface area contributed by atoms with Gasteiger partial charge in [-0.1, -0.05) is 12.2 Å². The molecule has 0 saturated heterocycles. The monoisotopic (exact) mass is 293 g/mol. The summed E-state index contributed by atoms with van der Waals surface area (Å²) in [5, 5.41) is 21.1. The number of nitrogens with zero attached hydrogens (tertiary/aromatic N) is 3. The Balaban J connectivity index is 0.000000845. The van der Waals surface area contributed by atoms with Gasteiger partial charge in [0.2, 0.25) is 0 Å². The molecule has 0 aromatic rings. The van der Waals surface area contributed by atoms with Crippen molar-refractivity contribution in [3.8, 4) is 0 Å². The zero-order valence-electron chi connectivity index (χ0n) is 6.27. The van der Waals surface area contributed by atoms with Crippen molar-refractivity contribution in [2.75, 3.05) is 0 Å². The van der Waals surface area contributed by atoms with Crippen LogP contribution in [0.25, 0.3) is 0 Å². The van der Waals surface area contributed by atoms with Gasteiger partial charge in [0.25, 0.3) is 0 Å². The van der Waals surface area contributed by atoms with E-state index in [0.717, 1.165) is 0 Å². The zero-order chi connectivity index (χ0) is 8.60. The first-order valence-electron chi connectivity index (χ1n) is 3.33. The summed E-state index contributed by atoms with van der Waals surface area (Å²) in [6.07, 6.45) is 6.21. The first-order valence-corrected chi connectivity index (χ1v) is 3.33. The summed E-state index contributed by atoms with van der Waals surface area (Å²) in [5.41, 5.74) is -1.17. The number of carboxylic acid groups (broad SMARTS) is 1. The molecular formula is C7H5AgN3NaO2. The molecule has 1 aliphatic carbocycles. The van der Waals surface area contributed by atoms with Crippen LogP contribution in [0, 0.1) is 0 Å². The summed E-state index contributed by atoms with van der Waals surface area (Å²) in [6.45, 7) is 0. The van der Waals surface area contributed by atoms with Crippen LogP contribution in [0.5, 0.6) is 0 Å². The minimum absolute atomic E-state index is 0. The number of carboxylic acids is 1. The third kappa shape index (κ3) is 1.98. The molecule has 72 valence electrons. The predicted molar refractivity (Wildman–Crippen MR) is 45.5 cm³/mol. The second kappa shape index (κ2) is 5.16. The molecule has 0 radical (unpaired) electrons. The van der Waals surface area contributed by atoms with Gasteiger partial charge in [-0.3, -0.25) is 0 Å². The van der Waals surface area contributed by atoms with Crippen molar-refractivity contribution in [2.45, 2.75) is 5.54 Å². The molecular weight excluding hydrogens is 289 g/mol. The Morgan fingerprint density at radius 2 is 2.14 bits per heavy atom. The normalized spacial score (nSPS) is 25.9. The molecule has 2 aliphatic rings. The van der Waals surface area contributed by atoms with Gasteiger partial charge in [-0.2, -0.15) is 0 Å². The van der Waals surface area contributed by atoms with Crippen LogP contribution >= 0.6 is 0 Å². The van der Waals surface area contributed by atoms with Gasteiger partial charge in [-0.15, -0.1) is 10.2 Å². The Labute approximate surface area is 118 Å². The van der Waals surface area contributed by atoms with E-state index in [1.165, 1.54) is 6.08 Å². The zero-order valence-corrected chi connectivity index (χ0v) is 7.75. The fourth-order valence-electron chi connectivity index (χ4n) is 1.10. The minimum atomic E-state index is -1.46. The molecule has 0 bridgehead atoms. The van der Waals surface area contributed by atoms with E-state index >= 15 is 0 Å². The SMILES string of the molecule is O=C([O-])C12C=CC=CC1=NN=N2.[Ag+].[NaH]. The van der Waals surface area contributed by atoms with E-state index in [4.69, 9.17) is 0 Å². The van der Waals surface area contributed by atoms with Crippen molar-refractivity contribution in [3.63, 3.8) is 0 Å². The van der Waals surface area contributed by atoms with Gasteiger partial charge in [0.15, 0.2) is 5.54 Å². The van der Waals surface area contributed by atoms with Gasteiger partial charge in [-0.25, -0.2) is 0 Å². The molecule has 1 atom stereocenters. The van der Waals surface area contributed by atoms with Crippen LogP contribution in [0.15, 0.2) is 39.7 Å². The number of fused-ring (bicyclic) bond motifs is 1. The topological polar surface area (TPSA) is 77.2 Å². The first-order chi connectivity index (χ1) is 5.76. The Bertz CT molecular complexity index is 364. The Kier molecular flexibility index (Phi) is 5.14. The molecule has 1 unspecified atom stereocenters. The van der Waals surface area contributed by atoms with Crippen molar-refractivity contribution >= 4 is 41.2 Å². The molecule has 2 rings (SSSR count). The molecule has 1 heterocycles. The van der Waals surface area contributed by atoms with Gasteiger partial charge in [0.05, 0.1) is 5.97 Å². The van der Waals surface area contributed by atoms with E-state index in [1.54, 1.807) is 18.2 Å². The Morgan fingerprint density at radius 3 is 2.71 bits per heavy atom. The third-order valence-electron chi connectivity index (χ3n) is 1.76. The van der Waals surface area contributed by atoms with Gasteiger partial charge in [0, 0.05) is 0 Å². The molecule has 14 heavy (non-hydrogen) atoms. The van der Waals surface area contributed by atoms with Crippen molar-refractivity contribution in [2.24, 2.45) is 15.4 Å². The van der Waals surface area contributed by atoms with Crippen LogP contribution in [0.4, 0.5) is 0 Å². The second-order valence-corrected chi connectivity index (χ2v) is 2.45. The van der Waals surface area contributed by atoms with E-state index in [-0.39, 0.29) is 51.9 Å². The summed E-state index contributed by atoms with van der Waals surface area (Å²) in [7, 11) is 0. The summed E-state index contributed by atoms with van der Waals surface area (Å²) in [5.74, 6) is -1.30. The number of aliphatic carboxylic acids is 1. The standard InChI is InChI=1S/C7H5N3O2.Ag.Na.H/c11-6(12)7-4-2-1-3-5(7)8-10-9-7;;;/h1-4H,(H,11,12);;;/q;+1;;/p-1. The number of rotatable bonds is 1. The van der Waals surface area contributed by atoms with Crippen LogP contribution in [-0.2, 0) is 27.2 Å². The summed E-state index contributed by atoms with van der Waals surface area (Å²) in [4.78, 5) is 10.7. The fourth-order valence-corrected chi connectivity index (χ4v) is 1.10. The molecule has 7 heteroatoms. The summed E-state index contributed by atoms with van der Waals surface area (Å²) in [6, 6.07) is 0. The summed E-state index contributed by atoms with van der Waals surface area (Å²) >= 11 is 0. The van der Waals surface area contributed by atoms with E-state index in [2.05, 4.69) is 15.4 Å². The molecule has 0 spiro atoms. The number of hydrogen-bond donors (Lipinski definition) is 0. The maximum absolute atomic E-state index is 10.7. The van der Waals surface area contributed by atoms with E-state index < -0.39 is 11.5 Å². The predicted octanol–water partition coefficient (Wildman–Crippen LogP) is -1.23. The van der Waals surface area contributed by atoms with Gasteiger partial charge >= 0.3 is 51.9 Å². The Morgan fingerprint density at radius 1 is 1.43 bits per heavy atom. The van der Waals surface area contributed by atoms with Crippen LogP contribution in [0.1, 0.15) is 0 Å². The number of carbonyl (C=O) groups excluding carboxylic acids is 1. The van der Waals surface area contributed by atoms with Crippen molar-refractivity contribution in [1.29, 1.82) is 0 Å². The number of hydrogen-bond acceptors (Lipinski definition) is 5. The molecule has 0 aromatic carbocycles. The van der Waals surface area contributed by atoms with Crippen molar-refractivity contribution in [3.05, 3.63) is 24.3 Å². The van der Waals surface area contributed by atoms with Crippen LogP contribution in [0.3, 0.4) is 0 Å². The molecule has 0 saturated carbocycles. The number of allylic oxidation sites excluding steroid dienone is 2. The van der Waals surface area contributed by atoms with E-state index in [0.29, 0.717) is 5.71 Å². The maximum atomic E-state index is 10.7. The van der Waals surface area contributed by atoms with Crippen molar-refractivity contribution in [1.82, 2.24) is 0 Å². The average molecular weight is 294 g/mol. The van der Waals surface area contributed by atoms with E-state index in [1.807, 2.05) is 0 Å². The molecule has 0 amide bonds. The molecule has 1 aliphatic heterocycles. The second-order valence-electron chi connectivity index (χ2n) is 2.45. The van der Waals surface area contributed by atoms with Gasteiger partial charge in [0.1, 0.15) is 5.71 Å². The molecule has 0 fully saturated rings. The van der Waals surface area contributed by atoms with Crippen LogP contribution in [-0.4, -0.2) is 46.8 Å². The Hall–Kier alpha value is -0.0397. The van der Waals surface area contributed by atoms with E-state index in [9.17, 15) is 9.90 Å². The summed E-state index contributed by atoms with van der Waals surface area (Å²) < 4.78 is 0. The van der Waals surface area contributed by atoms with Gasteiger partial charge < -0.3 is 9.90 Å². The molecule has 0 aromatic heterocycles. The quantitative estimate of drug-likeness (QED) is 0.568. The molecule has 0 N–H and O–H groups in total.